The summed E-state index contributed by atoms with van der Waals surface area (Å²) in [5.41, 5.74) is 2.09. The first-order chi connectivity index (χ1) is 10.9. The molecule has 7 nitrogen and oxygen atoms in total. The molecule has 0 aliphatic carbocycles. The highest BCUT2D eigenvalue weighted by Gasteiger charge is 2.26. The van der Waals surface area contributed by atoms with Gasteiger partial charge in [-0.2, -0.15) is 0 Å². The lowest BCUT2D eigenvalue weighted by atomic mass is 10.1. The number of ketones is 1. The number of hydrogen-bond donors (Lipinski definition) is 2. The Kier molecular flexibility index (Phi) is 5.42. The predicted octanol–water partition coefficient (Wildman–Crippen LogP) is 2.67. The van der Waals surface area contributed by atoms with Crippen molar-refractivity contribution in [1.82, 2.24) is 15.2 Å². The standard InChI is InChI=1S/C14H18N4O3S2/c1-6-9(12(20)21-5)7(2)16-10(6)11(19)8(3)22-14-18-17-13(15-4)23-14/h8,16H,1-5H3,(H,15,17)/t8-/m0/s1. The van der Waals surface area contributed by atoms with Crippen LogP contribution in [0.5, 0.6) is 0 Å². The van der Waals surface area contributed by atoms with Gasteiger partial charge < -0.3 is 15.0 Å². The zero-order valence-electron chi connectivity index (χ0n) is 13.5. The van der Waals surface area contributed by atoms with Crippen molar-refractivity contribution in [3.05, 3.63) is 22.5 Å². The Labute approximate surface area is 142 Å². The molecule has 0 saturated carbocycles. The lowest BCUT2D eigenvalue weighted by Gasteiger charge is -2.07. The number of ether oxygens (including phenoxy) is 1. The zero-order valence-corrected chi connectivity index (χ0v) is 15.1. The number of hydrogen-bond acceptors (Lipinski definition) is 8. The maximum Gasteiger partial charge on any atom is 0.339 e. The maximum atomic E-state index is 12.7. The van der Waals surface area contributed by atoms with Crippen LogP contribution in [0, 0.1) is 13.8 Å². The summed E-state index contributed by atoms with van der Waals surface area (Å²) in [5.74, 6) is -0.537. The Balaban J connectivity index is 2.21. The molecular formula is C14H18N4O3S2. The molecule has 2 N–H and O–H groups in total. The first-order valence-corrected chi connectivity index (χ1v) is 8.58. The van der Waals surface area contributed by atoms with E-state index in [0.29, 0.717) is 32.0 Å². The molecule has 0 aliphatic heterocycles. The fourth-order valence-corrected chi connectivity index (χ4v) is 4.08. The van der Waals surface area contributed by atoms with Gasteiger partial charge in [0.2, 0.25) is 5.13 Å². The molecule has 23 heavy (non-hydrogen) atoms. The van der Waals surface area contributed by atoms with Gasteiger partial charge >= 0.3 is 5.97 Å². The van der Waals surface area contributed by atoms with Crippen LogP contribution in [-0.4, -0.2) is 46.3 Å². The molecule has 0 spiro atoms. The monoisotopic (exact) mass is 354 g/mol. The first-order valence-electron chi connectivity index (χ1n) is 6.88. The molecule has 124 valence electrons. The Morgan fingerprint density at radius 3 is 2.61 bits per heavy atom. The van der Waals surface area contributed by atoms with Crippen molar-refractivity contribution in [1.29, 1.82) is 0 Å². The molecular weight excluding hydrogens is 336 g/mol. The summed E-state index contributed by atoms with van der Waals surface area (Å²) in [6, 6.07) is 0. The van der Waals surface area contributed by atoms with E-state index < -0.39 is 5.97 Å². The molecule has 0 bridgehead atoms. The van der Waals surface area contributed by atoms with Gasteiger partial charge in [0, 0.05) is 12.7 Å². The molecule has 0 amide bonds. The fraction of sp³-hybridized carbons (Fsp3) is 0.429. The van der Waals surface area contributed by atoms with Crippen LogP contribution in [0.1, 0.15) is 39.0 Å². The molecule has 0 unspecified atom stereocenters. The number of aromatic nitrogens is 3. The summed E-state index contributed by atoms with van der Waals surface area (Å²) >= 11 is 2.73. The van der Waals surface area contributed by atoms with Crippen molar-refractivity contribution in [2.75, 3.05) is 19.5 Å². The van der Waals surface area contributed by atoms with Crippen LogP contribution in [0.3, 0.4) is 0 Å². The third-order valence-corrected chi connectivity index (χ3v) is 5.47. The van der Waals surface area contributed by atoms with Crippen LogP contribution in [0.4, 0.5) is 5.13 Å². The number of methoxy groups -OCH3 is 1. The number of rotatable bonds is 6. The predicted molar refractivity (Wildman–Crippen MR) is 90.7 cm³/mol. The summed E-state index contributed by atoms with van der Waals surface area (Å²) in [4.78, 5) is 27.5. The van der Waals surface area contributed by atoms with E-state index in [0.717, 1.165) is 0 Å². The van der Waals surface area contributed by atoms with E-state index in [1.165, 1.54) is 30.2 Å². The van der Waals surface area contributed by atoms with Gasteiger partial charge in [-0.3, -0.25) is 4.79 Å². The van der Waals surface area contributed by atoms with Gasteiger partial charge in [0.25, 0.3) is 0 Å². The summed E-state index contributed by atoms with van der Waals surface area (Å²) in [7, 11) is 3.09. The highest BCUT2D eigenvalue weighted by Crippen LogP contribution is 2.31. The van der Waals surface area contributed by atoms with Crippen molar-refractivity contribution in [2.45, 2.75) is 30.4 Å². The van der Waals surface area contributed by atoms with Crippen molar-refractivity contribution >= 4 is 40.0 Å². The average molecular weight is 354 g/mol. The third-order valence-electron chi connectivity index (χ3n) is 3.34. The van der Waals surface area contributed by atoms with Gasteiger partial charge in [-0.25, -0.2) is 4.79 Å². The summed E-state index contributed by atoms with van der Waals surface area (Å²) in [6.45, 7) is 5.29. The van der Waals surface area contributed by atoms with E-state index in [2.05, 4.69) is 20.5 Å². The lowest BCUT2D eigenvalue weighted by Crippen LogP contribution is -2.15. The largest absolute Gasteiger partial charge is 0.465 e. The van der Waals surface area contributed by atoms with E-state index >= 15 is 0 Å². The minimum atomic E-state index is -0.446. The number of anilines is 1. The topological polar surface area (TPSA) is 97.0 Å². The fourth-order valence-electron chi connectivity index (χ4n) is 2.17. The second-order valence-electron chi connectivity index (χ2n) is 4.86. The van der Waals surface area contributed by atoms with Gasteiger partial charge in [0.05, 0.1) is 23.6 Å². The van der Waals surface area contributed by atoms with Gasteiger partial charge in [-0.15, -0.1) is 10.2 Å². The van der Waals surface area contributed by atoms with Crippen molar-refractivity contribution < 1.29 is 14.3 Å². The molecule has 0 radical (unpaired) electrons. The molecule has 2 rings (SSSR count). The van der Waals surface area contributed by atoms with E-state index in [1.54, 1.807) is 27.8 Å². The number of Topliss-reactive ketones (excluding diaryl/α,β-unsaturated/α-hetero) is 1. The third kappa shape index (κ3) is 3.56. The average Bonchev–Trinajstić information content (AvgIpc) is 3.10. The van der Waals surface area contributed by atoms with E-state index in [9.17, 15) is 9.59 Å². The molecule has 0 aliphatic rings. The van der Waals surface area contributed by atoms with Gasteiger partial charge in [-0.05, 0) is 26.3 Å². The molecule has 1 atom stereocenters. The molecule has 9 heteroatoms. The Bertz CT molecular complexity index is 738. The van der Waals surface area contributed by atoms with Crippen LogP contribution < -0.4 is 5.32 Å². The number of nitrogens with zero attached hydrogens (tertiary/aromatic N) is 2. The van der Waals surface area contributed by atoms with E-state index in [4.69, 9.17) is 4.74 Å². The lowest BCUT2D eigenvalue weighted by molar-refractivity contribution is 0.0599. The summed E-state index contributed by atoms with van der Waals surface area (Å²) < 4.78 is 5.48. The van der Waals surface area contributed by atoms with E-state index in [-0.39, 0.29) is 11.0 Å². The number of aromatic amines is 1. The summed E-state index contributed by atoms with van der Waals surface area (Å²) in [6.07, 6.45) is 0. The summed E-state index contributed by atoms with van der Waals surface area (Å²) in [5, 5.41) is 11.2. The second kappa shape index (κ2) is 7.14. The molecule has 0 saturated heterocycles. The normalized spacial score (nSPS) is 12.0. The molecule has 0 aromatic carbocycles. The zero-order chi connectivity index (χ0) is 17.1. The SMILES string of the molecule is CNc1nnc(S[C@@H](C)C(=O)c2[nH]c(C)c(C(=O)OC)c2C)s1. The quantitative estimate of drug-likeness (QED) is 0.467. The molecule has 2 aromatic rings. The first kappa shape index (κ1) is 17.5. The number of esters is 1. The van der Waals surface area contributed by atoms with Crippen LogP contribution in [0.25, 0.3) is 0 Å². The Hall–Kier alpha value is -1.87. The highest BCUT2D eigenvalue weighted by molar-refractivity contribution is 8.02. The van der Waals surface area contributed by atoms with Crippen LogP contribution in [-0.2, 0) is 4.74 Å². The highest BCUT2D eigenvalue weighted by atomic mass is 32.2. The van der Waals surface area contributed by atoms with Crippen LogP contribution in [0.2, 0.25) is 0 Å². The van der Waals surface area contributed by atoms with Gasteiger partial charge in [0.1, 0.15) is 0 Å². The number of H-pyrrole nitrogens is 1. The minimum absolute atomic E-state index is 0.0908. The minimum Gasteiger partial charge on any atom is -0.465 e. The number of carbonyl (C=O) groups excluding carboxylic acids is 2. The molecule has 0 fully saturated rings. The van der Waals surface area contributed by atoms with Crippen LogP contribution >= 0.6 is 23.1 Å². The van der Waals surface area contributed by atoms with E-state index in [1.807, 2.05) is 0 Å². The van der Waals surface area contributed by atoms with Gasteiger partial charge in [0.15, 0.2) is 10.1 Å². The molecule has 2 heterocycles. The number of nitrogens with one attached hydrogen (secondary N) is 2. The number of carbonyl (C=O) groups is 2. The Morgan fingerprint density at radius 1 is 1.35 bits per heavy atom. The maximum absolute atomic E-state index is 12.7. The number of aryl methyl sites for hydroxylation is 1. The van der Waals surface area contributed by atoms with Crippen molar-refractivity contribution in [3.63, 3.8) is 0 Å². The smallest absolute Gasteiger partial charge is 0.339 e. The van der Waals surface area contributed by atoms with Crippen molar-refractivity contribution in [3.8, 4) is 0 Å². The second-order valence-corrected chi connectivity index (χ2v) is 7.43. The Morgan fingerprint density at radius 2 is 2.04 bits per heavy atom. The number of thioether (sulfide) groups is 1. The van der Waals surface area contributed by atoms with Gasteiger partial charge in [-0.1, -0.05) is 23.1 Å². The van der Waals surface area contributed by atoms with Crippen molar-refractivity contribution in [2.24, 2.45) is 0 Å². The van der Waals surface area contributed by atoms with Crippen LogP contribution in [0.15, 0.2) is 4.34 Å². The molecule has 2 aromatic heterocycles.